The van der Waals surface area contributed by atoms with E-state index < -0.39 is 0 Å². The van der Waals surface area contributed by atoms with E-state index in [9.17, 15) is 9.59 Å². The lowest BCUT2D eigenvalue weighted by Gasteiger charge is -2.09. The molecule has 8 heteroatoms. The number of hydrogen-bond donors (Lipinski definition) is 3. The van der Waals surface area contributed by atoms with Crippen LogP contribution in [-0.2, 0) is 4.79 Å². The first-order valence-electron chi connectivity index (χ1n) is 8.29. The normalized spacial score (nSPS) is 10.4. The fraction of sp³-hybridized carbons (Fsp3) is 0.158. The van der Waals surface area contributed by atoms with E-state index in [1.54, 1.807) is 43.3 Å². The Balaban J connectivity index is 1.57. The predicted octanol–water partition coefficient (Wildman–Crippen LogP) is 3.40. The van der Waals surface area contributed by atoms with Gasteiger partial charge in [0.2, 0.25) is 11.1 Å². The maximum Gasteiger partial charge on any atom is 0.255 e. The molecule has 138 valence electrons. The molecule has 0 radical (unpaired) electrons. The number of nitrogens with zero attached hydrogens (tertiary/aromatic N) is 2. The van der Waals surface area contributed by atoms with Gasteiger partial charge in [-0.25, -0.2) is 4.98 Å². The summed E-state index contributed by atoms with van der Waals surface area (Å²) in [5.74, 6) is 0.519. The van der Waals surface area contributed by atoms with Gasteiger partial charge in [0.1, 0.15) is 5.82 Å². The molecule has 3 rings (SSSR count). The zero-order chi connectivity index (χ0) is 19.2. The first kappa shape index (κ1) is 18.7. The Morgan fingerprint density at radius 2 is 1.74 bits per heavy atom. The summed E-state index contributed by atoms with van der Waals surface area (Å²) in [6.07, 6.45) is 0. The second-order valence-corrected chi connectivity index (χ2v) is 6.88. The van der Waals surface area contributed by atoms with Crippen LogP contribution in [-0.4, -0.2) is 32.7 Å². The molecule has 1 heterocycles. The van der Waals surface area contributed by atoms with Crippen molar-refractivity contribution in [2.75, 3.05) is 16.4 Å². The van der Waals surface area contributed by atoms with Gasteiger partial charge in [-0.2, -0.15) is 0 Å². The fourth-order valence-corrected chi connectivity index (χ4v) is 2.94. The summed E-state index contributed by atoms with van der Waals surface area (Å²) in [4.78, 5) is 28.5. The minimum Gasteiger partial charge on any atom is -0.325 e. The second kappa shape index (κ2) is 8.50. The van der Waals surface area contributed by atoms with Crippen LogP contribution in [0.5, 0.6) is 0 Å². The zero-order valence-corrected chi connectivity index (χ0v) is 15.8. The van der Waals surface area contributed by atoms with E-state index in [-0.39, 0.29) is 17.6 Å². The van der Waals surface area contributed by atoms with Crippen LogP contribution in [0.2, 0.25) is 0 Å². The lowest BCUT2D eigenvalue weighted by atomic mass is 10.1. The van der Waals surface area contributed by atoms with E-state index in [0.29, 0.717) is 27.9 Å². The number of aromatic nitrogens is 3. The smallest absolute Gasteiger partial charge is 0.255 e. The van der Waals surface area contributed by atoms with E-state index in [2.05, 4.69) is 25.8 Å². The van der Waals surface area contributed by atoms with Gasteiger partial charge in [0.15, 0.2) is 0 Å². The molecule has 0 atom stereocenters. The van der Waals surface area contributed by atoms with Gasteiger partial charge in [-0.3, -0.25) is 14.7 Å². The molecule has 3 N–H and O–H groups in total. The van der Waals surface area contributed by atoms with E-state index in [4.69, 9.17) is 0 Å². The van der Waals surface area contributed by atoms with Gasteiger partial charge in [0.25, 0.3) is 5.91 Å². The number of hydrogen-bond acceptors (Lipinski definition) is 5. The summed E-state index contributed by atoms with van der Waals surface area (Å²) < 4.78 is 0. The molecule has 0 fully saturated rings. The van der Waals surface area contributed by atoms with E-state index >= 15 is 0 Å². The maximum atomic E-state index is 12.3. The molecule has 0 bridgehead atoms. The molecule has 2 amide bonds. The van der Waals surface area contributed by atoms with Crippen LogP contribution in [0.4, 0.5) is 11.4 Å². The zero-order valence-electron chi connectivity index (χ0n) is 14.9. The van der Waals surface area contributed by atoms with Gasteiger partial charge in [0, 0.05) is 16.9 Å². The van der Waals surface area contributed by atoms with Gasteiger partial charge >= 0.3 is 0 Å². The number of amides is 2. The van der Waals surface area contributed by atoms with Crippen LogP contribution in [0.15, 0.2) is 53.7 Å². The van der Waals surface area contributed by atoms with Gasteiger partial charge in [0.05, 0.1) is 5.75 Å². The molecular formula is C19H19N5O2S. The molecule has 1 aromatic heterocycles. The molecule has 0 saturated carbocycles. The van der Waals surface area contributed by atoms with Crippen LogP contribution in [0, 0.1) is 13.8 Å². The van der Waals surface area contributed by atoms with Crippen LogP contribution in [0.1, 0.15) is 21.7 Å². The Morgan fingerprint density at radius 1 is 1.04 bits per heavy atom. The van der Waals surface area contributed by atoms with Crippen molar-refractivity contribution < 1.29 is 9.59 Å². The fourth-order valence-electron chi connectivity index (χ4n) is 2.30. The molecule has 2 aromatic carbocycles. The van der Waals surface area contributed by atoms with E-state index in [1.165, 1.54) is 11.8 Å². The highest BCUT2D eigenvalue weighted by atomic mass is 32.2. The monoisotopic (exact) mass is 381 g/mol. The molecule has 27 heavy (non-hydrogen) atoms. The number of benzene rings is 2. The Bertz CT molecular complexity index is 953. The van der Waals surface area contributed by atoms with Crippen molar-refractivity contribution in [1.82, 2.24) is 15.2 Å². The molecule has 3 aromatic rings. The molecule has 0 spiro atoms. The minimum absolute atomic E-state index is 0.176. The number of anilines is 2. The third-order valence-electron chi connectivity index (χ3n) is 3.63. The number of carbonyl (C=O) groups is 2. The highest BCUT2D eigenvalue weighted by molar-refractivity contribution is 7.99. The molecule has 0 aliphatic rings. The minimum atomic E-state index is -0.200. The Labute approximate surface area is 161 Å². The standard InChI is InChI=1S/C19H19N5O2S/c1-12-6-8-14(9-7-12)18(26)22-16-5-3-4-15(10-16)21-17(25)11-27-19-20-13(2)23-24-19/h3-10H,11H2,1-2H3,(H,21,25)(H,22,26)(H,20,23,24). The van der Waals surface area contributed by atoms with Crippen molar-refractivity contribution in [3.63, 3.8) is 0 Å². The summed E-state index contributed by atoms with van der Waals surface area (Å²) in [7, 11) is 0. The number of aryl methyl sites for hydroxylation is 2. The van der Waals surface area contributed by atoms with Crippen molar-refractivity contribution >= 4 is 35.0 Å². The van der Waals surface area contributed by atoms with Gasteiger partial charge in [-0.05, 0) is 44.2 Å². The average Bonchev–Trinajstić information content (AvgIpc) is 3.06. The summed E-state index contributed by atoms with van der Waals surface area (Å²) in [6.45, 7) is 3.77. The number of aromatic amines is 1. The highest BCUT2D eigenvalue weighted by Crippen LogP contribution is 2.18. The van der Waals surface area contributed by atoms with Crippen LogP contribution >= 0.6 is 11.8 Å². The average molecular weight is 381 g/mol. The molecule has 0 saturated heterocycles. The van der Waals surface area contributed by atoms with E-state index in [0.717, 1.165) is 5.56 Å². The largest absolute Gasteiger partial charge is 0.325 e. The quantitative estimate of drug-likeness (QED) is 0.568. The highest BCUT2D eigenvalue weighted by Gasteiger charge is 2.09. The molecule has 7 nitrogen and oxygen atoms in total. The number of nitrogens with one attached hydrogen (secondary N) is 3. The molecule has 0 aliphatic heterocycles. The topological polar surface area (TPSA) is 99.8 Å². The van der Waals surface area contributed by atoms with Gasteiger partial charge in [-0.15, -0.1) is 5.10 Å². The Kier molecular flexibility index (Phi) is 5.87. The van der Waals surface area contributed by atoms with Crippen molar-refractivity contribution in [2.24, 2.45) is 0 Å². The molecule has 0 aliphatic carbocycles. The molecular weight excluding hydrogens is 362 g/mol. The van der Waals surface area contributed by atoms with Crippen LogP contribution in [0.3, 0.4) is 0 Å². The van der Waals surface area contributed by atoms with Crippen molar-refractivity contribution in [3.8, 4) is 0 Å². The Hall–Kier alpha value is -3.13. The van der Waals surface area contributed by atoms with Crippen molar-refractivity contribution in [1.29, 1.82) is 0 Å². The van der Waals surface area contributed by atoms with Crippen molar-refractivity contribution in [2.45, 2.75) is 19.0 Å². The third-order valence-corrected chi connectivity index (χ3v) is 4.47. The lowest BCUT2D eigenvalue weighted by Crippen LogP contribution is -2.15. The van der Waals surface area contributed by atoms with Crippen LogP contribution in [0.25, 0.3) is 0 Å². The van der Waals surface area contributed by atoms with Crippen LogP contribution < -0.4 is 10.6 Å². The van der Waals surface area contributed by atoms with Gasteiger partial charge < -0.3 is 10.6 Å². The molecule has 0 unspecified atom stereocenters. The second-order valence-electron chi connectivity index (χ2n) is 5.94. The third kappa shape index (κ3) is 5.42. The number of carbonyl (C=O) groups excluding carboxylic acids is 2. The Morgan fingerprint density at radius 3 is 2.41 bits per heavy atom. The van der Waals surface area contributed by atoms with Crippen molar-refractivity contribution in [3.05, 3.63) is 65.5 Å². The summed E-state index contributed by atoms with van der Waals surface area (Å²) in [6, 6.07) is 14.3. The first-order chi connectivity index (χ1) is 13.0. The SMILES string of the molecule is Cc1ccc(C(=O)Nc2cccc(NC(=O)CSc3n[nH]c(C)n3)c2)cc1. The lowest BCUT2D eigenvalue weighted by molar-refractivity contribution is -0.113. The number of thioether (sulfide) groups is 1. The predicted molar refractivity (Wildman–Crippen MR) is 106 cm³/mol. The first-order valence-corrected chi connectivity index (χ1v) is 9.28. The number of rotatable bonds is 6. The maximum absolute atomic E-state index is 12.3. The van der Waals surface area contributed by atoms with Gasteiger partial charge in [-0.1, -0.05) is 35.5 Å². The summed E-state index contributed by atoms with van der Waals surface area (Å²) in [5.41, 5.74) is 2.88. The summed E-state index contributed by atoms with van der Waals surface area (Å²) in [5, 5.41) is 12.9. The van der Waals surface area contributed by atoms with E-state index in [1.807, 2.05) is 19.1 Å². The summed E-state index contributed by atoms with van der Waals surface area (Å²) >= 11 is 1.25. The number of H-pyrrole nitrogens is 1.